The van der Waals surface area contributed by atoms with Crippen LogP contribution in [0.1, 0.15) is 24.4 Å². The van der Waals surface area contributed by atoms with Crippen LogP contribution >= 0.6 is 11.3 Å². The number of hydrogen-bond donors (Lipinski definition) is 2. The molecule has 0 fully saturated rings. The van der Waals surface area contributed by atoms with Crippen molar-refractivity contribution in [3.8, 4) is 0 Å². The minimum atomic E-state index is -0.872. The molecule has 1 aliphatic rings. The van der Waals surface area contributed by atoms with Gasteiger partial charge in [-0.25, -0.2) is 4.98 Å². The van der Waals surface area contributed by atoms with Crippen LogP contribution in [0.3, 0.4) is 0 Å². The lowest BCUT2D eigenvalue weighted by molar-refractivity contribution is -0.120. The molecule has 0 saturated heterocycles. The van der Waals surface area contributed by atoms with Gasteiger partial charge in [-0.15, -0.1) is 11.3 Å². The number of likely N-dealkylation sites (N-methyl/N-ethyl adjacent to an activating group) is 1. The van der Waals surface area contributed by atoms with Gasteiger partial charge in [-0.1, -0.05) is 0 Å². The molecule has 0 spiro atoms. The van der Waals surface area contributed by atoms with E-state index in [0.29, 0.717) is 5.13 Å². The van der Waals surface area contributed by atoms with Crippen LogP contribution in [-0.2, 0) is 17.8 Å². The molecule has 1 amide bonds. The van der Waals surface area contributed by atoms with Crippen LogP contribution < -0.4 is 11.1 Å². The van der Waals surface area contributed by atoms with E-state index in [9.17, 15) is 4.79 Å². The summed E-state index contributed by atoms with van der Waals surface area (Å²) in [5.74, 6) is -0.197. The predicted molar refractivity (Wildman–Crippen MR) is 69.0 cm³/mol. The number of thiazole rings is 1. The Labute approximate surface area is 105 Å². The van der Waals surface area contributed by atoms with E-state index in [0.717, 1.165) is 25.2 Å². The van der Waals surface area contributed by atoms with E-state index in [-0.39, 0.29) is 5.91 Å². The van der Waals surface area contributed by atoms with Crippen molar-refractivity contribution in [2.45, 2.75) is 32.4 Å². The number of nitrogens with two attached hydrogens (primary N) is 1. The summed E-state index contributed by atoms with van der Waals surface area (Å²) in [6.07, 6.45) is 0.949. The lowest BCUT2D eigenvalue weighted by Gasteiger charge is -2.20. The van der Waals surface area contributed by atoms with Gasteiger partial charge in [-0.05, 0) is 20.9 Å². The van der Waals surface area contributed by atoms with Crippen LogP contribution in [0.25, 0.3) is 0 Å². The molecule has 0 aliphatic carbocycles. The molecule has 0 bridgehead atoms. The third-order valence-electron chi connectivity index (χ3n) is 2.73. The molecule has 0 aromatic carbocycles. The number of carbonyl (C=O) groups excluding carboxylic acids is 1. The molecule has 1 aromatic heterocycles. The van der Waals surface area contributed by atoms with Crippen LogP contribution in [-0.4, -0.2) is 34.9 Å². The topological polar surface area (TPSA) is 71.2 Å². The van der Waals surface area contributed by atoms with Crippen LogP contribution in [0, 0.1) is 0 Å². The van der Waals surface area contributed by atoms with E-state index >= 15 is 0 Å². The SMILES string of the molecule is CN1CCc2nc(NC(=O)C(C)(C)N)sc2C1. The molecule has 1 aliphatic heterocycles. The molecule has 1 aromatic rings. The normalized spacial score (nSPS) is 16.7. The lowest BCUT2D eigenvalue weighted by atomic mass is 10.1. The van der Waals surface area contributed by atoms with Crippen molar-refractivity contribution in [1.82, 2.24) is 9.88 Å². The quantitative estimate of drug-likeness (QED) is 0.819. The maximum atomic E-state index is 11.7. The summed E-state index contributed by atoms with van der Waals surface area (Å²) < 4.78 is 0. The molecule has 3 N–H and O–H groups in total. The molecule has 2 heterocycles. The van der Waals surface area contributed by atoms with E-state index in [1.54, 1.807) is 25.2 Å². The van der Waals surface area contributed by atoms with Gasteiger partial charge in [-0.3, -0.25) is 4.79 Å². The van der Waals surface area contributed by atoms with E-state index in [2.05, 4.69) is 22.2 Å². The highest BCUT2D eigenvalue weighted by Gasteiger charge is 2.24. The zero-order valence-electron chi connectivity index (χ0n) is 10.4. The number of anilines is 1. The first-order valence-electron chi connectivity index (χ1n) is 5.64. The molecular formula is C11H18N4OS. The highest BCUT2D eigenvalue weighted by atomic mass is 32.1. The first kappa shape index (κ1) is 12.5. The van der Waals surface area contributed by atoms with Gasteiger partial charge in [0.1, 0.15) is 0 Å². The Kier molecular flexibility index (Phi) is 3.20. The number of nitrogens with one attached hydrogen (secondary N) is 1. The molecule has 5 nitrogen and oxygen atoms in total. The van der Waals surface area contributed by atoms with Gasteiger partial charge in [0.05, 0.1) is 11.2 Å². The Hall–Kier alpha value is -0.980. The number of aromatic nitrogens is 1. The summed E-state index contributed by atoms with van der Waals surface area (Å²) >= 11 is 1.54. The summed E-state index contributed by atoms with van der Waals surface area (Å²) in [5, 5.41) is 3.44. The van der Waals surface area contributed by atoms with Gasteiger partial charge < -0.3 is 16.0 Å². The van der Waals surface area contributed by atoms with Crippen molar-refractivity contribution in [1.29, 1.82) is 0 Å². The van der Waals surface area contributed by atoms with Gasteiger partial charge in [0.15, 0.2) is 5.13 Å². The van der Waals surface area contributed by atoms with Crippen molar-refractivity contribution < 1.29 is 4.79 Å². The van der Waals surface area contributed by atoms with Crippen molar-refractivity contribution in [3.63, 3.8) is 0 Å². The summed E-state index contributed by atoms with van der Waals surface area (Å²) in [6, 6.07) is 0. The Morgan fingerprint density at radius 3 is 2.94 bits per heavy atom. The molecular weight excluding hydrogens is 236 g/mol. The monoisotopic (exact) mass is 254 g/mol. The Balaban J connectivity index is 2.11. The number of nitrogens with zero attached hydrogens (tertiary/aromatic N) is 2. The zero-order chi connectivity index (χ0) is 12.6. The fourth-order valence-corrected chi connectivity index (χ4v) is 2.72. The summed E-state index contributed by atoms with van der Waals surface area (Å²) in [7, 11) is 2.09. The number of rotatable bonds is 2. The number of carbonyl (C=O) groups is 1. The third kappa shape index (κ3) is 2.83. The van der Waals surface area contributed by atoms with Crippen molar-refractivity contribution in [2.24, 2.45) is 5.73 Å². The molecule has 0 atom stereocenters. The summed E-state index contributed by atoms with van der Waals surface area (Å²) in [6.45, 7) is 5.30. The van der Waals surface area contributed by atoms with Crippen LogP contribution in [0.5, 0.6) is 0 Å². The smallest absolute Gasteiger partial charge is 0.245 e. The summed E-state index contributed by atoms with van der Waals surface area (Å²) in [5.41, 5.74) is 5.97. The number of amides is 1. The summed E-state index contributed by atoms with van der Waals surface area (Å²) in [4.78, 5) is 19.7. The lowest BCUT2D eigenvalue weighted by Crippen LogP contribution is -2.45. The largest absolute Gasteiger partial charge is 0.318 e. The molecule has 2 rings (SSSR count). The third-order valence-corrected chi connectivity index (χ3v) is 3.73. The molecule has 0 unspecified atom stereocenters. The van der Waals surface area contributed by atoms with Crippen LogP contribution in [0.15, 0.2) is 0 Å². The first-order chi connectivity index (χ1) is 7.86. The highest BCUT2D eigenvalue weighted by molar-refractivity contribution is 7.15. The predicted octanol–water partition coefficient (Wildman–Crippen LogP) is 0.807. The van der Waals surface area contributed by atoms with E-state index < -0.39 is 5.54 Å². The second-order valence-corrected chi connectivity index (χ2v) is 6.14. The minimum Gasteiger partial charge on any atom is -0.318 e. The van der Waals surface area contributed by atoms with Crippen LogP contribution in [0.2, 0.25) is 0 Å². The number of hydrogen-bond acceptors (Lipinski definition) is 5. The molecule has 0 radical (unpaired) electrons. The minimum absolute atomic E-state index is 0.197. The molecule has 0 saturated carbocycles. The Morgan fingerprint density at radius 2 is 2.29 bits per heavy atom. The second kappa shape index (κ2) is 4.36. The first-order valence-corrected chi connectivity index (χ1v) is 6.45. The fourth-order valence-electron chi connectivity index (χ4n) is 1.63. The van der Waals surface area contributed by atoms with Crippen molar-refractivity contribution in [2.75, 3.05) is 18.9 Å². The van der Waals surface area contributed by atoms with Gasteiger partial charge in [0, 0.05) is 24.4 Å². The van der Waals surface area contributed by atoms with Crippen molar-refractivity contribution >= 4 is 22.4 Å². The fraction of sp³-hybridized carbons (Fsp3) is 0.636. The number of fused-ring (bicyclic) bond motifs is 1. The van der Waals surface area contributed by atoms with E-state index in [1.165, 1.54) is 4.88 Å². The van der Waals surface area contributed by atoms with Gasteiger partial charge in [-0.2, -0.15) is 0 Å². The molecule has 17 heavy (non-hydrogen) atoms. The van der Waals surface area contributed by atoms with Gasteiger partial charge in [0.2, 0.25) is 5.91 Å². The maximum Gasteiger partial charge on any atom is 0.245 e. The standard InChI is InChI=1S/C11H18N4OS/c1-11(2,12)9(16)14-10-13-7-4-5-15(3)6-8(7)17-10/h4-6,12H2,1-3H3,(H,13,14,16). The van der Waals surface area contributed by atoms with Crippen molar-refractivity contribution in [3.05, 3.63) is 10.6 Å². The molecule has 94 valence electrons. The maximum absolute atomic E-state index is 11.7. The average molecular weight is 254 g/mol. The average Bonchev–Trinajstić information content (AvgIpc) is 2.57. The second-order valence-electron chi connectivity index (χ2n) is 5.05. The Morgan fingerprint density at radius 1 is 1.59 bits per heavy atom. The van der Waals surface area contributed by atoms with E-state index in [1.807, 2.05) is 0 Å². The van der Waals surface area contributed by atoms with Crippen LogP contribution in [0.4, 0.5) is 5.13 Å². The zero-order valence-corrected chi connectivity index (χ0v) is 11.2. The van der Waals surface area contributed by atoms with Gasteiger partial charge >= 0.3 is 0 Å². The highest BCUT2D eigenvalue weighted by Crippen LogP contribution is 2.27. The molecule has 6 heteroatoms. The van der Waals surface area contributed by atoms with E-state index in [4.69, 9.17) is 5.73 Å². The Bertz CT molecular complexity index is 435. The van der Waals surface area contributed by atoms with Gasteiger partial charge in [0.25, 0.3) is 0 Å².